The number of nitriles is 1. The molecule has 0 spiro atoms. The van der Waals surface area contributed by atoms with Crippen LogP contribution in [0.1, 0.15) is 121 Å². The van der Waals surface area contributed by atoms with Gasteiger partial charge in [0.1, 0.15) is 42.3 Å². The highest BCUT2D eigenvalue weighted by Crippen LogP contribution is 2.63. The van der Waals surface area contributed by atoms with Crippen molar-refractivity contribution in [2.24, 2.45) is 0 Å². The van der Waals surface area contributed by atoms with Crippen LogP contribution in [0.3, 0.4) is 0 Å². The minimum absolute atomic E-state index is 0.106. The number of phosphoric ester groups is 1. The number of rotatable bonds is 28. The van der Waals surface area contributed by atoms with E-state index in [0.717, 1.165) is 24.8 Å². The number of ether oxygens (including phenoxy) is 3. The zero-order valence-corrected chi connectivity index (χ0v) is 33.1. The van der Waals surface area contributed by atoms with Crippen LogP contribution in [-0.2, 0) is 40.0 Å². The maximum atomic E-state index is 13.1. The summed E-state index contributed by atoms with van der Waals surface area (Å²) in [6, 6.07) is 14.6. The van der Waals surface area contributed by atoms with Crippen LogP contribution >= 0.6 is 7.82 Å². The first-order chi connectivity index (χ1) is 26.7. The third kappa shape index (κ3) is 11.3. The topological polar surface area (TPSA) is 204 Å². The van der Waals surface area contributed by atoms with Crippen molar-refractivity contribution in [3.63, 3.8) is 0 Å². The van der Waals surface area contributed by atoms with Gasteiger partial charge >= 0.3 is 7.82 Å². The van der Waals surface area contributed by atoms with Crippen LogP contribution in [0, 0.1) is 11.3 Å². The average molecular weight is 786 g/mol. The van der Waals surface area contributed by atoms with E-state index in [0.29, 0.717) is 18.7 Å². The second kappa shape index (κ2) is 21.0. The summed E-state index contributed by atoms with van der Waals surface area (Å²) in [5, 5.41) is 36.8. The Balaban J connectivity index is 1.02. The molecule has 2 aromatic heterocycles. The molecule has 2 fully saturated rings. The summed E-state index contributed by atoms with van der Waals surface area (Å²) in [6.45, 7) is 2.81. The van der Waals surface area contributed by atoms with Gasteiger partial charge < -0.3 is 35.1 Å². The standard InChI is InChI=1S/C40H60N5O9P/c1-2-3-4-5-6-7-8-9-10-11-12-13-14-15-16-20-25-51-32(27-50-26-31-21-18-17-19-22-31)28-52-55(48,49)54-36-35-40(36,47)38(46)39(29-41,53-35)34-24-23-33-37(42)43-30-44-45(33)34/h17-19,21-24,30,32,35-36,38,46-47H,2-16,20,25-28H2,1H3,(H,48,49)(H2,42,43,44)/t32-,35-,36?,38+,39+,40+/m1/s1. The summed E-state index contributed by atoms with van der Waals surface area (Å²) in [5.74, 6) is 0.142. The van der Waals surface area contributed by atoms with E-state index in [1.807, 2.05) is 36.4 Å². The van der Waals surface area contributed by atoms with Crippen molar-refractivity contribution in [2.75, 3.05) is 25.6 Å². The summed E-state index contributed by atoms with van der Waals surface area (Å²) in [7, 11) is -4.80. The maximum Gasteiger partial charge on any atom is 0.472 e. The van der Waals surface area contributed by atoms with Crippen molar-refractivity contribution < 1.29 is 42.9 Å². The van der Waals surface area contributed by atoms with Gasteiger partial charge in [0.2, 0.25) is 5.60 Å². The van der Waals surface area contributed by atoms with Crippen molar-refractivity contribution >= 4 is 19.2 Å². The number of phosphoric acid groups is 1. The molecule has 55 heavy (non-hydrogen) atoms. The normalized spacial score (nSPS) is 24.7. The molecule has 1 aliphatic carbocycles. The lowest BCUT2D eigenvalue weighted by atomic mass is 9.90. The molecule has 14 nitrogen and oxygen atoms in total. The highest BCUT2D eigenvalue weighted by atomic mass is 31.2. The summed E-state index contributed by atoms with van der Waals surface area (Å²) in [5.41, 5.74) is 3.14. The Labute approximate surface area is 324 Å². The smallest absolute Gasteiger partial charge is 0.385 e. The maximum absolute atomic E-state index is 13.1. The highest BCUT2D eigenvalue weighted by molar-refractivity contribution is 7.47. The number of aliphatic hydroxyl groups is 2. The molecular weight excluding hydrogens is 725 g/mol. The summed E-state index contributed by atoms with van der Waals surface area (Å²) >= 11 is 0. The van der Waals surface area contributed by atoms with Crippen molar-refractivity contribution in [3.05, 3.63) is 60.0 Å². The SMILES string of the molecule is CCCCCCCCCCCCCCCCCCO[C@H](COCc1ccccc1)COP(=O)(O)OC1[C@H]2O[C@@](C#N)(c3ccc4c(N)ncnn34)[C@H](O)[C@@]12O. The number of aromatic nitrogens is 3. The molecule has 3 heterocycles. The lowest BCUT2D eigenvalue weighted by molar-refractivity contribution is -0.107. The average Bonchev–Trinajstić information content (AvgIpc) is 3.42. The summed E-state index contributed by atoms with van der Waals surface area (Å²) in [4.78, 5) is 14.6. The number of anilines is 1. The van der Waals surface area contributed by atoms with Crippen LogP contribution in [0.25, 0.3) is 5.52 Å². The quantitative estimate of drug-likeness (QED) is 0.0438. The van der Waals surface area contributed by atoms with Gasteiger partial charge in [-0.1, -0.05) is 134 Å². The summed E-state index contributed by atoms with van der Waals surface area (Å²) < 4.78 is 42.8. The van der Waals surface area contributed by atoms with E-state index in [9.17, 15) is 24.9 Å². The Morgan fingerprint density at radius 2 is 1.56 bits per heavy atom. The van der Waals surface area contributed by atoms with E-state index in [-0.39, 0.29) is 24.7 Å². The Morgan fingerprint density at radius 1 is 0.945 bits per heavy atom. The molecule has 5 N–H and O–H groups in total. The monoisotopic (exact) mass is 785 g/mol. The van der Waals surface area contributed by atoms with Crippen LogP contribution in [0.15, 0.2) is 48.8 Å². The van der Waals surface area contributed by atoms with Crippen LogP contribution in [0.5, 0.6) is 0 Å². The zero-order valence-electron chi connectivity index (χ0n) is 32.2. The van der Waals surface area contributed by atoms with Gasteiger partial charge in [-0.2, -0.15) is 10.4 Å². The number of nitrogens with two attached hydrogens (primary N) is 1. The van der Waals surface area contributed by atoms with Gasteiger partial charge in [-0.25, -0.2) is 14.1 Å². The van der Waals surface area contributed by atoms with Crippen molar-refractivity contribution in [3.8, 4) is 6.07 Å². The fourth-order valence-electron chi connectivity index (χ4n) is 7.39. The molecule has 0 amide bonds. The molecule has 1 saturated carbocycles. The molecule has 304 valence electrons. The first-order valence-electron chi connectivity index (χ1n) is 20.1. The minimum atomic E-state index is -4.80. The van der Waals surface area contributed by atoms with Crippen LogP contribution in [-0.4, -0.2) is 79.5 Å². The molecule has 5 rings (SSSR count). The lowest BCUT2D eigenvalue weighted by Crippen LogP contribution is -2.47. The Hall–Kier alpha value is -2.96. The first-order valence-corrected chi connectivity index (χ1v) is 21.6. The molecular formula is C40H60N5O9P. The van der Waals surface area contributed by atoms with Gasteiger partial charge in [0, 0.05) is 6.61 Å². The lowest BCUT2D eigenvalue weighted by Gasteiger charge is -2.29. The third-order valence-electron chi connectivity index (χ3n) is 10.7. The van der Waals surface area contributed by atoms with Gasteiger partial charge in [-0.3, -0.25) is 9.05 Å². The van der Waals surface area contributed by atoms with E-state index < -0.39 is 43.4 Å². The highest BCUT2D eigenvalue weighted by Gasteiger charge is 2.83. The van der Waals surface area contributed by atoms with Gasteiger partial charge in [0.25, 0.3) is 0 Å². The largest absolute Gasteiger partial charge is 0.472 e. The molecule has 3 aromatic rings. The molecule has 7 atom stereocenters. The number of hydrogen-bond acceptors (Lipinski definition) is 12. The van der Waals surface area contributed by atoms with E-state index in [1.54, 1.807) is 6.07 Å². The molecule has 0 radical (unpaired) electrons. The summed E-state index contributed by atoms with van der Waals surface area (Å²) in [6.07, 6.45) is 16.2. The second-order valence-corrected chi connectivity index (χ2v) is 16.3. The third-order valence-corrected chi connectivity index (χ3v) is 11.6. The predicted molar refractivity (Wildman–Crippen MR) is 207 cm³/mol. The van der Waals surface area contributed by atoms with Gasteiger partial charge in [-0.05, 0) is 24.1 Å². The Morgan fingerprint density at radius 3 is 2.15 bits per heavy atom. The fraction of sp³-hybridized carbons (Fsp3) is 0.675. The number of hydrogen-bond donors (Lipinski definition) is 4. The molecule has 0 bridgehead atoms. The van der Waals surface area contributed by atoms with Gasteiger partial charge in [0.15, 0.2) is 11.4 Å². The molecule has 1 aliphatic heterocycles. The van der Waals surface area contributed by atoms with E-state index >= 15 is 0 Å². The molecule has 2 unspecified atom stereocenters. The first kappa shape index (κ1) is 43.2. The Kier molecular flexibility index (Phi) is 16.5. The molecule has 2 aliphatic rings. The number of unbranched alkanes of at least 4 members (excludes halogenated alkanes) is 15. The zero-order chi connectivity index (χ0) is 39.2. The van der Waals surface area contributed by atoms with Crippen LogP contribution in [0.2, 0.25) is 0 Å². The van der Waals surface area contributed by atoms with Crippen LogP contribution in [0.4, 0.5) is 5.82 Å². The fourth-order valence-corrected chi connectivity index (χ4v) is 8.37. The van der Waals surface area contributed by atoms with Crippen molar-refractivity contribution in [1.29, 1.82) is 5.26 Å². The number of benzene rings is 1. The second-order valence-electron chi connectivity index (χ2n) is 14.9. The number of nitrogen functional groups attached to an aromatic ring is 1. The number of nitrogens with zero attached hydrogens (tertiary/aromatic N) is 4. The van der Waals surface area contributed by atoms with Crippen LogP contribution < -0.4 is 5.73 Å². The van der Waals surface area contributed by atoms with Crippen molar-refractivity contribution in [1.82, 2.24) is 14.6 Å². The minimum Gasteiger partial charge on any atom is -0.385 e. The van der Waals surface area contributed by atoms with E-state index in [2.05, 4.69) is 17.0 Å². The predicted octanol–water partition coefficient (Wildman–Crippen LogP) is 6.90. The molecule has 1 aromatic carbocycles. The molecule has 1 saturated heterocycles. The van der Waals surface area contributed by atoms with Gasteiger partial charge in [0.05, 0.1) is 25.5 Å². The number of aliphatic hydroxyl groups excluding tert-OH is 1. The van der Waals surface area contributed by atoms with Crippen molar-refractivity contribution in [2.45, 2.75) is 152 Å². The van der Waals surface area contributed by atoms with E-state index in [1.165, 1.54) is 100 Å². The Bertz CT molecular complexity index is 1690. The van der Waals surface area contributed by atoms with Gasteiger partial charge in [-0.15, -0.1) is 0 Å². The molecule has 15 heteroatoms. The van der Waals surface area contributed by atoms with E-state index in [4.69, 9.17) is 29.0 Å². The number of fused-ring (bicyclic) bond motifs is 2.